The van der Waals surface area contributed by atoms with E-state index < -0.39 is 5.79 Å². The van der Waals surface area contributed by atoms with Crippen molar-refractivity contribution in [3.05, 3.63) is 0 Å². The van der Waals surface area contributed by atoms with Gasteiger partial charge in [-0.3, -0.25) is 4.79 Å². The molecule has 0 aromatic carbocycles. The molecule has 1 saturated heterocycles. The van der Waals surface area contributed by atoms with Crippen molar-refractivity contribution in [2.75, 3.05) is 6.61 Å². The van der Waals surface area contributed by atoms with Gasteiger partial charge in [0.2, 0.25) is 5.79 Å². The number of ether oxygens (including phenoxy) is 1. The van der Waals surface area contributed by atoms with Gasteiger partial charge in [0.25, 0.3) is 0 Å². The van der Waals surface area contributed by atoms with Gasteiger partial charge in [-0.1, -0.05) is 33.6 Å². The van der Waals surface area contributed by atoms with E-state index in [1.807, 2.05) is 6.92 Å². The average molecular weight is 272 g/mol. The first kappa shape index (κ1) is 16.4. The zero-order valence-electron chi connectivity index (χ0n) is 12.7. The van der Waals surface area contributed by atoms with Crippen LogP contribution in [0, 0.1) is 11.8 Å². The van der Waals surface area contributed by atoms with Crippen molar-refractivity contribution in [1.82, 2.24) is 0 Å². The standard InChI is InChI=1S/C15H28O4/c1-5-6-7-13(8-10-15(4)18-19-15)14(16)17-11-9-12(2)3/h12-13H,5-11H2,1-4H3. The van der Waals surface area contributed by atoms with Crippen molar-refractivity contribution in [3.8, 4) is 0 Å². The van der Waals surface area contributed by atoms with E-state index in [-0.39, 0.29) is 11.9 Å². The Morgan fingerprint density at radius 3 is 2.42 bits per heavy atom. The quantitative estimate of drug-likeness (QED) is 0.344. The van der Waals surface area contributed by atoms with Crippen LogP contribution in [0.15, 0.2) is 0 Å². The molecule has 4 heteroatoms. The maximum atomic E-state index is 12.1. The Hall–Kier alpha value is -0.610. The Bertz CT molecular complexity index is 271. The highest BCUT2D eigenvalue weighted by Gasteiger charge is 2.43. The van der Waals surface area contributed by atoms with Crippen LogP contribution in [0.4, 0.5) is 0 Å². The van der Waals surface area contributed by atoms with Crippen molar-refractivity contribution < 1.29 is 19.3 Å². The molecule has 0 bridgehead atoms. The van der Waals surface area contributed by atoms with Gasteiger partial charge in [0.15, 0.2) is 0 Å². The molecule has 1 rings (SSSR count). The second-order valence-corrected chi connectivity index (χ2v) is 6.03. The molecule has 0 aromatic heterocycles. The van der Waals surface area contributed by atoms with Crippen LogP contribution in [-0.2, 0) is 19.3 Å². The van der Waals surface area contributed by atoms with Crippen molar-refractivity contribution in [2.45, 2.75) is 72.0 Å². The molecule has 0 aromatic rings. The third-order valence-electron chi connectivity index (χ3n) is 3.49. The summed E-state index contributed by atoms with van der Waals surface area (Å²) in [5, 5.41) is 0. The highest BCUT2D eigenvalue weighted by atomic mass is 17.4. The van der Waals surface area contributed by atoms with E-state index in [0.717, 1.165) is 38.5 Å². The zero-order chi connectivity index (χ0) is 14.3. The lowest BCUT2D eigenvalue weighted by molar-refractivity contribution is -0.149. The predicted molar refractivity (Wildman–Crippen MR) is 73.2 cm³/mol. The lowest BCUT2D eigenvalue weighted by Crippen LogP contribution is -2.21. The van der Waals surface area contributed by atoms with E-state index in [1.165, 1.54) is 0 Å². The lowest BCUT2D eigenvalue weighted by atomic mass is 9.95. The molecule has 1 aliphatic rings. The second-order valence-electron chi connectivity index (χ2n) is 6.03. The summed E-state index contributed by atoms with van der Waals surface area (Å²) < 4.78 is 5.38. The highest BCUT2D eigenvalue weighted by molar-refractivity contribution is 5.72. The topological polar surface area (TPSA) is 51.4 Å². The number of carbonyl (C=O) groups excluding carboxylic acids is 1. The van der Waals surface area contributed by atoms with Crippen molar-refractivity contribution in [1.29, 1.82) is 0 Å². The van der Waals surface area contributed by atoms with Gasteiger partial charge in [0.05, 0.1) is 12.5 Å². The fraction of sp³-hybridized carbons (Fsp3) is 0.933. The van der Waals surface area contributed by atoms with Crippen LogP contribution < -0.4 is 0 Å². The van der Waals surface area contributed by atoms with Crippen LogP contribution in [0.25, 0.3) is 0 Å². The summed E-state index contributed by atoms with van der Waals surface area (Å²) >= 11 is 0. The number of unbranched alkanes of at least 4 members (excludes halogenated alkanes) is 1. The fourth-order valence-corrected chi connectivity index (χ4v) is 1.93. The van der Waals surface area contributed by atoms with Gasteiger partial charge in [-0.15, -0.1) is 0 Å². The Labute approximate surface area is 116 Å². The Morgan fingerprint density at radius 1 is 1.21 bits per heavy atom. The zero-order valence-corrected chi connectivity index (χ0v) is 12.7. The van der Waals surface area contributed by atoms with Crippen LogP contribution in [0.3, 0.4) is 0 Å². The monoisotopic (exact) mass is 272 g/mol. The molecule has 1 atom stereocenters. The highest BCUT2D eigenvalue weighted by Crippen LogP contribution is 2.35. The van der Waals surface area contributed by atoms with Crippen molar-refractivity contribution in [2.24, 2.45) is 11.8 Å². The summed E-state index contributed by atoms with van der Waals surface area (Å²) in [5.41, 5.74) is 0. The third-order valence-corrected chi connectivity index (χ3v) is 3.49. The van der Waals surface area contributed by atoms with Gasteiger partial charge in [-0.2, -0.15) is 9.78 Å². The van der Waals surface area contributed by atoms with E-state index in [1.54, 1.807) is 0 Å². The molecular formula is C15H28O4. The predicted octanol–water partition coefficient (Wildman–Crippen LogP) is 3.84. The fourth-order valence-electron chi connectivity index (χ4n) is 1.93. The van der Waals surface area contributed by atoms with E-state index in [0.29, 0.717) is 12.5 Å². The summed E-state index contributed by atoms with van der Waals surface area (Å²) in [4.78, 5) is 21.8. The van der Waals surface area contributed by atoms with Crippen LogP contribution in [-0.4, -0.2) is 18.4 Å². The number of hydrogen-bond acceptors (Lipinski definition) is 4. The molecule has 1 heterocycles. The maximum Gasteiger partial charge on any atom is 0.308 e. The van der Waals surface area contributed by atoms with E-state index in [9.17, 15) is 4.79 Å². The molecule has 1 unspecified atom stereocenters. The second kappa shape index (κ2) is 7.85. The smallest absolute Gasteiger partial charge is 0.308 e. The van der Waals surface area contributed by atoms with Crippen LogP contribution in [0.5, 0.6) is 0 Å². The van der Waals surface area contributed by atoms with Gasteiger partial charge < -0.3 is 4.74 Å². The molecule has 0 amide bonds. The molecule has 112 valence electrons. The van der Waals surface area contributed by atoms with Crippen molar-refractivity contribution in [3.63, 3.8) is 0 Å². The van der Waals surface area contributed by atoms with E-state index in [4.69, 9.17) is 14.5 Å². The molecule has 0 saturated carbocycles. The molecule has 19 heavy (non-hydrogen) atoms. The van der Waals surface area contributed by atoms with E-state index in [2.05, 4.69) is 20.8 Å². The summed E-state index contributed by atoms with van der Waals surface area (Å²) in [6, 6.07) is 0. The molecule has 0 N–H and O–H groups in total. The van der Waals surface area contributed by atoms with Crippen LogP contribution in [0.1, 0.15) is 66.2 Å². The SMILES string of the molecule is CCCCC(CCC1(C)OO1)C(=O)OCCC(C)C. The molecule has 0 radical (unpaired) electrons. The lowest BCUT2D eigenvalue weighted by Gasteiger charge is -2.16. The van der Waals surface area contributed by atoms with E-state index >= 15 is 0 Å². The number of hydrogen-bond donors (Lipinski definition) is 0. The minimum absolute atomic E-state index is 0.0169. The molecule has 0 aliphatic carbocycles. The maximum absolute atomic E-state index is 12.1. The summed E-state index contributed by atoms with van der Waals surface area (Å²) in [6.45, 7) is 8.82. The Balaban J connectivity index is 2.31. The Morgan fingerprint density at radius 2 is 1.89 bits per heavy atom. The largest absolute Gasteiger partial charge is 0.465 e. The van der Waals surface area contributed by atoms with Gasteiger partial charge in [-0.25, -0.2) is 0 Å². The Kier molecular flexibility index (Phi) is 6.80. The first-order valence-corrected chi connectivity index (χ1v) is 7.50. The number of rotatable bonds is 10. The van der Waals surface area contributed by atoms with Crippen LogP contribution >= 0.6 is 0 Å². The minimum atomic E-state index is -0.456. The normalized spacial score (nSPS) is 18.4. The number of carbonyl (C=O) groups is 1. The van der Waals surface area contributed by atoms with Gasteiger partial charge >= 0.3 is 5.97 Å². The molecule has 0 spiro atoms. The third kappa shape index (κ3) is 6.92. The first-order valence-electron chi connectivity index (χ1n) is 7.50. The number of esters is 1. The van der Waals surface area contributed by atoms with Gasteiger partial charge in [-0.05, 0) is 32.1 Å². The van der Waals surface area contributed by atoms with Crippen LogP contribution in [0.2, 0.25) is 0 Å². The van der Waals surface area contributed by atoms with Gasteiger partial charge in [0, 0.05) is 6.42 Å². The van der Waals surface area contributed by atoms with Gasteiger partial charge in [0.1, 0.15) is 0 Å². The molecule has 1 aliphatic heterocycles. The minimum Gasteiger partial charge on any atom is -0.465 e. The first-order chi connectivity index (χ1) is 8.97. The summed E-state index contributed by atoms with van der Waals surface area (Å²) in [5.74, 6) is 0.0343. The average Bonchev–Trinajstić information content (AvgIpc) is 3.07. The van der Waals surface area contributed by atoms with Crippen molar-refractivity contribution >= 4 is 5.97 Å². The molecule has 4 nitrogen and oxygen atoms in total. The molecular weight excluding hydrogens is 244 g/mol. The summed E-state index contributed by atoms with van der Waals surface area (Å²) in [6.07, 6.45) is 5.50. The molecule has 1 fully saturated rings. The summed E-state index contributed by atoms with van der Waals surface area (Å²) in [7, 11) is 0.